The van der Waals surface area contributed by atoms with Gasteiger partial charge in [-0.3, -0.25) is 14.4 Å². The van der Waals surface area contributed by atoms with E-state index in [0.717, 1.165) is 18.4 Å². The summed E-state index contributed by atoms with van der Waals surface area (Å²) in [6.45, 7) is 6.36. The van der Waals surface area contributed by atoms with Crippen LogP contribution in [0.1, 0.15) is 67.4 Å². The Morgan fingerprint density at radius 3 is 2.49 bits per heavy atom. The number of benzene rings is 2. The Morgan fingerprint density at radius 1 is 1.11 bits per heavy atom. The molecule has 1 aliphatic heterocycles. The Hall–Kier alpha value is -2.41. The zero-order chi connectivity index (χ0) is 25.4. The second-order valence-corrected chi connectivity index (χ2v) is 11.2. The molecular formula is C27H30Cl2N2O4. The summed E-state index contributed by atoms with van der Waals surface area (Å²) in [4.78, 5) is 39.1. The van der Waals surface area contributed by atoms with Gasteiger partial charge in [0.25, 0.3) is 5.91 Å². The minimum atomic E-state index is -1.00. The normalized spacial score (nSPS) is 22.5. The van der Waals surface area contributed by atoms with Crippen LogP contribution in [0, 0.1) is 0 Å². The standard InChI is InChI=1S/C27H30Cl2N2O4/c1-26(2,3)18-9-6-16(7-10-18)24(33)30-14-19(17-8-11-20(28)21(29)13-17)25(34)31-27-12-4-5-23(27)35-15-22(27)32/h6-11,13,19,23H,4-5,12,14-15H2,1-3H3,(H,30,33)(H,31,34). The fraction of sp³-hybridized carbons (Fsp3) is 0.444. The number of ketones is 1. The van der Waals surface area contributed by atoms with Crippen LogP contribution in [0.5, 0.6) is 0 Å². The van der Waals surface area contributed by atoms with E-state index in [1.54, 1.807) is 30.3 Å². The maximum atomic E-state index is 13.5. The first kappa shape index (κ1) is 25.7. The van der Waals surface area contributed by atoms with Gasteiger partial charge >= 0.3 is 0 Å². The molecule has 1 heterocycles. The van der Waals surface area contributed by atoms with Crippen LogP contribution in [-0.4, -0.2) is 42.4 Å². The lowest BCUT2D eigenvalue weighted by Crippen LogP contribution is -2.57. The molecule has 8 heteroatoms. The van der Waals surface area contributed by atoms with E-state index in [1.165, 1.54) is 0 Å². The maximum Gasteiger partial charge on any atom is 0.251 e. The van der Waals surface area contributed by atoms with E-state index in [0.29, 0.717) is 27.6 Å². The molecule has 1 saturated heterocycles. The average molecular weight is 517 g/mol. The van der Waals surface area contributed by atoms with Gasteiger partial charge in [-0.1, -0.05) is 62.2 Å². The summed E-state index contributed by atoms with van der Waals surface area (Å²) in [7, 11) is 0. The number of fused-ring (bicyclic) bond motifs is 1. The third-order valence-corrected chi connectivity index (χ3v) is 7.73. The molecule has 2 aromatic rings. The summed E-state index contributed by atoms with van der Waals surface area (Å²) < 4.78 is 5.63. The summed E-state index contributed by atoms with van der Waals surface area (Å²) in [5.41, 5.74) is 1.19. The van der Waals surface area contributed by atoms with Gasteiger partial charge in [-0.15, -0.1) is 0 Å². The van der Waals surface area contributed by atoms with E-state index in [1.807, 2.05) is 12.1 Å². The van der Waals surface area contributed by atoms with Crippen molar-refractivity contribution < 1.29 is 19.1 Å². The molecule has 1 aliphatic carbocycles. The van der Waals surface area contributed by atoms with Gasteiger partial charge < -0.3 is 15.4 Å². The topological polar surface area (TPSA) is 84.5 Å². The van der Waals surface area contributed by atoms with Gasteiger partial charge in [-0.25, -0.2) is 0 Å². The van der Waals surface area contributed by atoms with E-state index >= 15 is 0 Å². The molecule has 35 heavy (non-hydrogen) atoms. The number of hydrogen-bond donors (Lipinski definition) is 2. The molecule has 3 atom stereocenters. The van der Waals surface area contributed by atoms with Crippen LogP contribution in [0.2, 0.25) is 10.0 Å². The number of amides is 2. The van der Waals surface area contributed by atoms with Crippen LogP contribution in [0.3, 0.4) is 0 Å². The average Bonchev–Trinajstić information content (AvgIpc) is 3.35. The Kier molecular flexibility index (Phi) is 7.28. The van der Waals surface area contributed by atoms with E-state index in [4.69, 9.17) is 27.9 Å². The molecule has 0 aromatic heterocycles. The first-order valence-electron chi connectivity index (χ1n) is 11.8. The fourth-order valence-electron chi connectivity index (χ4n) is 4.85. The molecule has 0 bridgehead atoms. The van der Waals surface area contributed by atoms with Crippen molar-refractivity contribution >= 4 is 40.8 Å². The lowest BCUT2D eigenvalue weighted by Gasteiger charge is -2.30. The van der Waals surface area contributed by atoms with Crippen molar-refractivity contribution in [3.63, 3.8) is 0 Å². The van der Waals surface area contributed by atoms with Crippen LogP contribution in [0.4, 0.5) is 0 Å². The minimum absolute atomic E-state index is 0.00365. The van der Waals surface area contributed by atoms with Crippen LogP contribution < -0.4 is 10.6 Å². The Morgan fingerprint density at radius 2 is 1.83 bits per heavy atom. The highest BCUT2D eigenvalue weighted by molar-refractivity contribution is 6.42. The molecule has 2 aromatic carbocycles. The number of rotatable bonds is 6. The number of carbonyl (C=O) groups is 3. The molecule has 1 saturated carbocycles. The highest BCUT2D eigenvalue weighted by Gasteiger charge is 2.55. The fourth-order valence-corrected chi connectivity index (χ4v) is 5.16. The number of hydrogen-bond acceptors (Lipinski definition) is 4. The number of ether oxygens (including phenoxy) is 1. The van der Waals surface area contributed by atoms with Gasteiger partial charge in [-0.05, 0) is 60.1 Å². The van der Waals surface area contributed by atoms with Crippen LogP contribution in [0.15, 0.2) is 42.5 Å². The summed E-state index contributed by atoms with van der Waals surface area (Å²) in [5, 5.41) is 6.53. The highest BCUT2D eigenvalue weighted by Crippen LogP contribution is 2.38. The van der Waals surface area contributed by atoms with Crippen LogP contribution >= 0.6 is 23.2 Å². The smallest absolute Gasteiger partial charge is 0.251 e. The van der Waals surface area contributed by atoms with Gasteiger partial charge in [0.15, 0.2) is 5.78 Å². The van der Waals surface area contributed by atoms with Crippen molar-refractivity contribution in [2.45, 2.75) is 63.0 Å². The zero-order valence-electron chi connectivity index (χ0n) is 20.1. The molecular weight excluding hydrogens is 487 g/mol. The summed E-state index contributed by atoms with van der Waals surface area (Å²) in [5.74, 6) is -1.53. The number of Topliss-reactive ketones (excluding diaryl/α,β-unsaturated/α-hetero) is 1. The van der Waals surface area contributed by atoms with Crippen LogP contribution in [0.25, 0.3) is 0 Å². The molecule has 0 spiro atoms. The van der Waals surface area contributed by atoms with Crippen molar-refractivity contribution in [1.29, 1.82) is 0 Å². The van der Waals surface area contributed by atoms with Gasteiger partial charge in [0.2, 0.25) is 5.91 Å². The quantitative estimate of drug-likeness (QED) is 0.576. The molecule has 2 amide bonds. The first-order valence-corrected chi connectivity index (χ1v) is 12.6. The Balaban J connectivity index is 1.54. The van der Waals surface area contributed by atoms with Gasteiger partial charge in [-0.2, -0.15) is 0 Å². The second kappa shape index (κ2) is 9.92. The van der Waals surface area contributed by atoms with Gasteiger partial charge in [0.1, 0.15) is 12.1 Å². The first-order chi connectivity index (χ1) is 16.5. The summed E-state index contributed by atoms with van der Waals surface area (Å²) in [6, 6.07) is 12.4. The van der Waals surface area contributed by atoms with Crippen molar-refractivity contribution in [2.24, 2.45) is 0 Å². The molecule has 2 N–H and O–H groups in total. The third-order valence-electron chi connectivity index (χ3n) is 6.99. The molecule has 0 radical (unpaired) electrons. The molecule has 4 rings (SSSR count). The van der Waals surface area contributed by atoms with E-state index in [-0.39, 0.29) is 42.3 Å². The van der Waals surface area contributed by atoms with E-state index in [2.05, 4.69) is 31.4 Å². The summed E-state index contributed by atoms with van der Waals surface area (Å²) in [6.07, 6.45) is 1.76. The van der Waals surface area contributed by atoms with Gasteiger partial charge in [0, 0.05) is 12.1 Å². The molecule has 2 aliphatic rings. The number of halogens is 2. The predicted molar refractivity (Wildman–Crippen MR) is 136 cm³/mol. The third kappa shape index (κ3) is 5.25. The lowest BCUT2D eigenvalue weighted by molar-refractivity contribution is -0.130. The monoisotopic (exact) mass is 516 g/mol. The largest absolute Gasteiger partial charge is 0.367 e. The van der Waals surface area contributed by atoms with Crippen molar-refractivity contribution in [3.8, 4) is 0 Å². The van der Waals surface area contributed by atoms with Crippen molar-refractivity contribution in [2.75, 3.05) is 13.2 Å². The molecule has 3 unspecified atom stereocenters. The highest BCUT2D eigenvalue weighted by atomic mass is 35.5. The molecule has 186 valence electrons. The number of nitrogens with one attached hydrogen (secondary N) is 2. The Labute approximate surface area is 215 Å². The minimum Gasteiger partial charge on any atom is -0.367 e. The van der Waals surface area contributed by atoms with Crippen molar-refractivity contribution in [1.82, 2.24) is 10.6 Å². The van der Waals surface area contributed by atoms with E-state index in [9.17, 15) is 14.4 Å². The van der Waals surface area contributed by atoms with Crippen molar-refractivity contribution in [3.05, 3.63) is 69.2 Å². The van der Waals surface area contributed by atoms with Gasteiger partial charge in [0.05, 0.1) is 22.1 Å². The maximum absolute atomic E-state index is 13.5. The number of carbonyl (C=O) groups excluding carboxylic acids is 3. The predicted octanol–water partition coefficient (Wildman–Crippen LogP) is 4.81. The van der Waals surface area contributed by atoms with Crippen LogP contribution in [-0.2, 0) is 19.7 Å². The van der Waals surface area contributed by atoms with E-state index < -0.39 is 11.5 Å². The lowest BCUT2D eigenvalue weighted by atomic mass is 9.86. The Bertz CT molecular complexity index is 1140. The SMILES string of the molecule is CC(C)(C)c1ccc(C(=O)NCC(C(=O)NC23CCCC2OCC3=O)c2ccc(Cl)c(Cl)c2)cc1. The second-order valence-electron chi connectivity index (χ2n) is 10.3. The summed E-state index contributed by atoms with van der Waals surface area (Å²) >= 11 is 12.3. The molecule has 6 nitrogen and oxygen atoms in total. The molecule has 2 fully saturated rings. The zero-order valence-corrected chi connectivity index (χ0v) is 21.6.